The number of carboxylic acids is 1. The summed E-state index contributed by atoms with van der Waals surface area (Å²) in [6.45, 7) is 2.54. The fourth-order valence-electron chi connectivity index (χ4n) is 1.56. The van der Waals surface area contributed by atoms with Crippen molar-refractivity contribution in [3.05, 3.63) is 50.1 Å². The Balaban J connectivity index is 2.09. The van der Waals surface area contributed by atoms with Crippen molar-refractivity contribution >= 4 is 38.9 Å². The highest BCUT2D eigenvalue weighted by Crippen LogP contribution is 2.22. The van der Waals surface area contributed by atoms with Gasteiger partial charge in [-0.15, -0.1) is 11.3 Å². The highest BCUT2D eigenvalue weighted by Gasteiger charge is 2.11. The molecule has 0 aliphatic carbocycles. The zero-order valence-electron chi connectivity index (χ0n) is 9.74. The number of carbonyl (C=O) groups is 1. The van der Waals surface area contributed by atoms with Crippen molar-refractivity contribution in [1.82, 2.24) is 0 Å². The van der Waals surface area contributed by atoms with Crippen LogP contribution in [0.5, 0.6) is 0 Å². The molecule has 2 N–H and O–H groups in total. The summed E-state index contributed by atoms with van der Waals surface area (Å²) in [7, 11) is 0. The number of anilines is 1. The molecule has 2 rings (SSSR count). The molecule has 0 saturated heterocycles. The van der Waals surface area contributed by atoms with E-state index in [0.29, 0.717) is 11.4 Å². The van der Waals surface area contributed by atoms with E-state index in [1.807, 2.05) is 31.2 Å². The molecule has 1 heterocycles. The van der Waals surface area contributed by atoms with Gasteiger partial charge in [0, 0.05) is 16.7 Å². The van der Waals surface area contributed by atoms with Crippen molar-refractivity contribution in [3.63, 3.8) is 0 Å². The monoisotopic (exact) mass is 325 g/mol. The fraction of sp³-hybridized carbons (Fsp3) is 0.154. The predicted molar refractivity (Wildman–Crippen MR) is 77.5 cm³/mol. The SMILES string of the molecule is Cc1ccc(NCc2ccsc2C(=O)O)cc1Br. The van der Waals surface area contributed by atoms with Gasteiger partial charge >= 0.3 is 5.97 Å². The second-order valence-corrected chi connectivity index (χ2v) is 5.67. The average Bonchev–Trinajstić information content (AvgIpc) is 2.79. The summed E-state index contributed by atoms with van der Waals surface area (Å²) in [6.07, 6.45) is 0. The summed E-state index contributed by atoms with van der Waals surface area (Å²) in [5, 5.41) is 14.0. The molecule has 0 saturated carbocycles. The Morgan fingerprint density at radius 2 is 2.22 bits per heavy atom. The first-order valence-corrected chi connectivity index (χ1v) is 7.05. The van der Waals surface area contributed by atoms with Crippen molar-refractivity contribution in [3.8, 4) is 0 Å². The van der Waals surface area contributed by atoms with Gasteiger partial charge in [-0.1, -0.05) is 22.0 Å². The summed E-state index contributed by atoms with van der Waals surface area (Å²) in [4.78, 5) is 11.4. The Hall–Kier alpha value is -1.33. The molecule has 0 aliphatic heterocycles. The lowest BCUT2D eigenvalue weighted by Crippen LogP contribution is -2.04. The van der Waals surface area contributed by atoms with Crippen LogP contribution in [0.1, 0.15) is 20.8 Å². The van der Waals surface area contributed by atoms with Crippen molar-refractivity contribution in [2.45, 2.75) is 13.5 Å². The van der Waals surface area contributed by atoms with Crippen LogP contribution in [0, 0.1) is 6.92 Å². The molecule has 1 aromatic heterocycles. The first-order valence-electron chi connectivity index (χ1n) is 5.37. The number of carboxylic acid groups (broad SMARTS) is 1. The number of halogens is 1. The summed E-state index contributed by atoms with van der Waals surface area (Å²) in [5.41, 5.74) is 2.95. The number of aromatic carboxylic acids is 1. The van der Waals surface area contributed by atoms with Gasteiger partial charge in [-0.05, 0) is 41.6 Å². The Morgan fingerprint density at radius 1 is 1.44 bits per heavy atom. The Morgan fingerprint density at radius 3 is 2.89 bits per heavy atom. The van der Waals surface area contributed by atoms with Gasteiger partial charge in [0.15, 0.2) is 0 Å². The molecule has 0 unspecified atom stereocenters. The third-order valence-electron chi connectivity index (χ3n) is 2.60. The number of benzene rings is 1. The van der Waals surface area contributed by atoms with Gasteiger partial charge in [-0.2, -0.15) is 0 Å². The molecule has 0 aliphatic rings. The maximum Gasteiger partial charge on any atom is 0.346 e. The Kier molecular flexibility index (Phi) is 4.04. The number of rotatable bonds is 4. The Bertz CT molecular complexity index is 580. The van der Waals surface area contributed by atoms with E-state index < -0.39 is 5.97 Å². The van der Waals surface area contributed by atoms with Crippen molar-refractivity contribution in [1.29, 1.82) is 0 Å². The minimum Gasteiger partial charge on any atom is -0.477 e. The largest absolute Gasteiger partial charge is 0.477 e. The number of aryl methyl sites for hydroxylation is 1. The van der Waals surface area contributed by atoms with Crippen LogP contribution >= 0.6 is 27.3 Å². The molecule has 0 atom stereocenters. The smallest absolute Gasteiger partial charge is 0.346 e. The highest BCUT2D eigenvalue weighted by atomic mass is 79.9. The van der Waals surface area contributed by atoms with Crippen LogP contribution < -0.4 is 5.32 Å². The van der Waals surface area contributed by atoms with Crippen LogP contribution in [0.3, 0.4) is 0 Å². The molecule has 18 heavy (non-hydrogen) atoms. The lowest BCUT2D eigenvalue weighted by molar-refractivity contribution is 0.0701. The zero-order valence-corrected chi connectivity index (χ0v) is 12.1. The molecule has 1 aromatic carbocycles. The molecule has 3 nitrogen and oxygen atoms in total. The van der Waals surface area contributed by atoms with E-state index in [2.05, 4.69) is 21.2 Å². The van der Waals surface area contributed by atoms with Crippen molar-refractivity contribution in [2.24, 2.45) is 0 Å². The summed E-state index contributed by atoms with van der Waals surface area (Å²) in [5.74, 6) is -0.869. The standard InChI is InChI=1S/C13H12BrNO2S/c1-8-2-3-10(6-11(8)14)15-7-9-4-5-18-12(9)13(16)17/h2-6,15H,7H2,1H3,(H,16,17). The van der Waals surface area contributed by atoms with Gasteiger partial charge in [0.2, 0.25) is 0 Å². The molecule has 0 spiro atoms. The van der Waals surface area contributed by atoms with Gasteiger partial charge in [0.05, 0.1) is 0 Å². The third-order valence-corrected chi connectivity index (χ3v) is 4.39. The summed E-state index contributed by atoms with van der Waals surface area (Å²) >= 11 is 4.72. The summed E-state index contributed by atoms with van der Waals surface area (Å²) < 4.78 is 1.04. The molecule has 0 fully saturated rings. The lowest BCUT2D eigenvalue weighted by atomic mass is 10.2. The van der Waals surface area contributed by atoms with Gasteiger partial charge in [0.1, 0.15) is 4.88 Å². The first kappa shape index (κ1) is 13.1. The molecule has 0 amide bonds. The van der Waals surface area contributed by atoms with Crippen LogP contribution in [-0.2, 0) is 6.54 Å². The molecule has 0 radical (unpaired) electrons. The molecule has 5 heteroatoms. The topological polar surface area (TPSA) is 49.3 Å². The maximum absolute atomic E-state index is 11.0. The lowest BCUT2D eigenvalue weighted by Gasteiger charge is -2.07. The summed E-state index contributed by atoms with van der Waals surface area (Å²) in [6, 6.07) is 7.82. The first-order chi connectivity index (χ1) is 8.58. The fourth-order valence-corrected chi connectivity index (χ4v) is 2.70. The second kappa shape index (κ2) is 5.54. The van der Waals surface area contributed by atoms with Crippen LogP contribution in [0.4, 0.5) is 5.69 Å². The molecule has 2 aromatic rings. The predicted octanol–water partition coefficient (Wildman–Crippen LogP) is 4.13. The molecule has 0 bridgehead atoms. The zero-order chi connectivity index (χ0) is 13.1. The van der Waals surface area contributed by atoms with Crippen LogP contribution in [0.25, 0.3) is 0 Å². The van der Waals surface area contributed by atoms with E-state index in [0.717, 1.165) is 15.7 Å². The van der Waals surface area contributed by atoms with E-state index in [4.69, 9.17) is 5.11 Å². The Labute approximate surface area is 118 Å². The van der Waals surface area contributed by atoms with Gasteiger partial charge in [0.25, 0.3) is 0 Å². The van der Waals surface area contributed by atoms with E-state index >= 15 is 0 Å². The quantitative estimate of drug-likeness (QED) is 0.888. The van der Waals surface area contributed by atoms with Gasteiger partial charge in [-0.25, -0.2) is 4.79 Å². The number of hydrogen-bond donors (Lipinski definition) is 2. The number of nitrogens with one attached hydrogen (secondary N) is 1. The molecular formula is C13H12BrNO2S. The van der Waals surface area contributed by atoms with Gasteiger partial charge in [-0.3, -0.25) is 0 Å². The second-order valence-electron chi connectivity index (χ2n) is 3.90. The van der Waals surface area contributed by atoms with E-state index in [1.165, 1.54) is 16.9 Å². The van der Waals surface area contributed by atoms with Crippen molar-refractivity contribution in [2.75, 3.05) is 5.32 Å². The van der Waals surface area contributed by atoms with E-state index in [-0.39, 0.29) is 0 Å². The highest BCUT2D eigenvalue weighted by molar-refractivity contribution is 9.10. The van der Waals surface area contributed by atoms with Crippen LogP contribution in [-0.4, -0.2) is 11.1 Å². The van der Waals surface area contributed by atoms with E-state index in [1.54, 1.807) is 5.38 Å². The molecule has 94 valence electrons. The van der Waals surface area contributed by atoms with E-state index in [9.17, 15) is 4.79 Å². The van der Waals surface area contributed by atoms with Crippen molar-refractivity contribution < 1.29 is 9.90 Å². The third kappa shape index (κ3) is 2.91. The van der Waals surface area contributed by atoms with Crippen LogP contribution in [0.2, 0.25) is 0 Å². The number of thiophene rings is 1. The number of hydrogen-bond acceptors (Lipinski definition) is 3. The minimum absolute atomic E-state index is 0.397. The van der Waals surface area contributed by atoms with Crippen LogP contribution in [0.15, 0.2) is 34.1 Å². The molecular weight excluding hydrogens is 314 g/mol. The van der Waals surface area contributed by atoms with Gasteiger partial charge < -0.3 is 10.4 Å². The normalized spacial score (nSPS) is 10.3. The minimum atomic E-state index is -0.869. The maximum atomic E-state index is 11.0. The average molecular weight is 326 g/mol.